The second-order valence-corrected chi connectivity index (χ2v) is 7.04. The first-order valence-electron chi connectivity index (χ1n) is 7.18. The Morgan fingerprint density at radius 1 is 1.21 bits per heavy atom. The van der Waals surface area contributed by atoms with E-state index in [1.807, 2.05) is 12.1 Å². The molecule has 0 atom stereocenters. The lowest BCUT2D eigenvalue weighted by Crippen LogP contribution is -2.16. The molecule has 0 saturated heterocycles. The maximum atomic E-state index is 12.3. The van der Waals surface area contributed by atoms with E-state index in [0.29, 0.717) is 11.3 Å². The van der Waals surface area contributed by atoms with Crippen LogP contribution >= 0.6 is 0 Å². The summed E-state index contributed by atoms with van der Waals surface area (Å²) in [5, 5.41) is 10.4. The van der Waals surface area contributed by atoms with Gasteiger partial charge >= 0.3 is 0 Å². The standard InChI is InChI=1S/C15H15N5O3S/c1-2-24(22,23)20-13-7-6-11(8-16-13)15(21)18-12-5-3-4-10-9-17-19-14(10)12/h3-9H,2H2,1H3,(H,16,20)(H,17,19)(H,18,21). The number of carbonyl (C=O) groups excluding carboxylic acids is 1. The molecule has 0 aliphatic rings. The van der Waals surface area contributed by atoms with Gasteiger partial charge in [0.15, 0.2) is 0 Å². The number of fused-ring (bicyclic) bond motifs is 1. The molecule has 2 aromatic heterocycles. The van der Waals surface area contributed by atoms with Crippen molar-refractivity contribution in [2.24, 2.45) is 0 Å². The highest BCUT2D eigenvalue weighted by atomic mass is 32.2. The summed E-state index contributed by atoms with van der Waals surface area (Å²) in [6.45, 7) is 1.53. The largest absolute Gasteiger partial charge is 0.320 e. The molecular weight excluding hydrogens is 330 g/mol. The van der Waals surface area contributed by atoms with Crippen LogP contribution in [-0.4, -0.2) is 35.3 Å². The molecule has 124 valence electrons. The number of carbonyl (C=O) groups is 1. The first-order chi connectivity index (χ1) is 11.5. The first-order valence-corrected chi connectivity index (χ1v) is 8.84. The Bertz CT molecular complexity index is 980. The molecule has 0 radical (unpaired) electrons. The number of aromatic amines is 1. The Kier molecular flexibility index (Phi) is 4.17. The number of pyridine rings is 1. The van der Waals surface area contributed by atoms with E-state index in [1.165, 1.54) is 25.3 Å². The summed E-state index contributed by atoms with van der Waals surface area (Å²) in [7, 11) is -3.40. The van der Waals surface area contributed by atoms with Crippen molar-refractivity contribution >= 4 is 38.3 Å². The van der Waals surface area contributed by atoms with Gasteiger partial charge in [-0.1, -0.05) is 12.1 Å². The molecule has 9 heteroatoms. The van der Waals surface area contributed by atoms with Gasteiger partial charge in [-0.25, -0.2) is 13.4 Å². The molecule has 3 N–H and O–H groups in total. The normalized spacial score (nSPS) is 11.4. The summed E-state index contributed by atoms with van der Waals surface area (Å²) in [6.07, 6.45) is 2.98. The summed E-state index contributed by atoms with van der Waals surface area (Å²) in [4.78, 5) is 16.3. The molecule has 1 amide bonds. The minimum Gasteiger partial charge on any atom is -0.320 e. The van der Waals surface area contributed by atoms with Gasteiger partial charge < -0.3 is 5.32 Å². The minimum absolute atomic E-state index is 0.0505. The van der Waals surface area contributed by atoms with Crippen molar-refractivity contribution in [3.63, 3.8) is 0 Å². The first kappa shape index (κ1) is 15.9. The van der Waals surface area contributed by atoms with Gasteiger partial charge in [-0.15, -0.1) is 0 Å². The molecule has 24 heavy (non-hydrogen) atoms. The zero-order valence-corrected chi connectivity index (χ0v) is 13.6. The van der Waals surface area contributed by atoms with Crippen LogP contribution < -0.4 is 10.0 Å². The predicted molar refractivity (Wildman–Crippen MR) is 91.4 cm³/mol. The highest BCUT2D eigenvalue weighted by Crippen LogP contribution is 2.21. The van der Waals surface area contributed by atoms with Crippen molar-refractivity contribution in [1.82, 2.24) is 15.2 Å². The zero-order chi connectivity index (χ0) is 17.2. The molecule has 0 saturated carbocycles. The molecular formula is C15H15N5O3S. The van der Waals surface area contributed by atoms with Crippen LogP contribution in [0.4, 0.5) is 11.5 Å². The molecule has 3 rings (SSSR count). The maximum Gasteiger partial charge on any atom is 0.257 e. The van der Waals surface area contributed by atoms with Crippen LogP contribution in [0, 0.1) is 0 Å². The van der Waals surface area contributed by atoms with Gasteiger partial charge in [-0.3, -0.25) is 14.6 Å². The minimum atomic E-state index is -3.40. The van der Waals surface area contributed by atoms with Crippen molar-refractivity contribution in [1.29, 1.82) is 0 Å². The van der Waals surface area contributed by atoms with Crippen LogP contribution in [0.25, 0.3) is 10.9 Å². The fourth-order valence-corrected chi connectivity index (χ4v) is 2.67. The number of H-pyrrole nitrogens is 1. The third-order valence-corrected chi connectivity index (χ3v) is 4.67. The Labute approximate surface area is 138 Å². The molecule has 3 aromatic rings. The van der Waals surface area contributed by atoms with Crippen LogP contribution in [0.1, 0.15) is 17.3 Å². The molecule has 0 fully saturated rings. The number of benzene rings is 1. The van der Waals surface area contributed by atoms with E-state index < -0.39 is 10.0 Å². The summed E-state index contributed by atoms with van der Waals surface area (Å²) >= 11 is 0. The molecule has 0 bridgehead atoms. The average molecular weight is 345 g/mol. The zero-order valence-electron chi connectivity index (χ0n) is 12.8. The topological polar surface area (TPSA) is 117 Å². The molecule has 2 heterocycles. The number of para-hydroxylation sites is 1. The number of anilines is 2. The summed E-state index contributed by atoms with van der Waals surface area (Å²) in [6, 6.07) is 8.40. The number of nitrogens with zero attached hydrogens (tertiary/aromatic N) is 2. The Hall–Kier alpha value is -2.94. The van der Waals surface area contributed by atoms with Gasteiger partial charge in [0.25, 0.3) is 5.91 Å². The molecule has 8 nitrogen and oxygen atoms in total. The molecule has 0 aliphatic heterocycles. The van der Waals surface area contributed by atoms with Gasteiger partial charge in [0.2, 0.25) is 10.0 Å². The van der Waals surface area contributed by atoms with Gasteiger partial charge in [0, 0.05) is 11.6 Å². The van der Waals surface area contributed by atoms with Crippen molar-refractivity contribution < 1.29 is 13.2 Å². The molecule has 1 aromatic carbocycles. The Morgan fingerprint density at radius 2 is 2.04 bits per heavy atom. The molecule has 0 spiro atoms. The van der Waals surface area contributed by atoms with Gasteiger partial charge in [0.05, 0.1) is 28.7 Å². The van der Waals surface area contributed by atoms with Gasteiger partial charge in [-0.2, -0.15) is 5.10 Å². The number of amides is 1. The van der Waals surface area contributed by atoms with E-state index >= 15 is 0 Å². The maximum absolute atomic E-state index is 12.3. The van der Waals surface area contributed by atoms with Crippen molar-refractivity contribution in [3.05, 3.63) is 48.3 Å². The number of nitrogens with one attached hydrogen (secondary N) is 3. The van der Waals surface area contributed by atoms with Crippen molar-refractivity contribution in [2.75, 3.05) is 15.8 Å². The van der Waals surface area contributed by atoms with E-state index in [1.54, 1.807) is 12.3 Å². The summed E-state index contributed by atoms with van der Waals surface area (Å²) in [5.41, 5.74) is 1.64. The highest BCUT2D eigenvalue weighted by molar-refractivity contribution is 7.92. The lowest BCUT2D eigenvalue weighted by Gasteiger charge is -2.08. The second kappa shape index (κ2) is 6.28. The van der Waals surface area contributed by atoms with Crippen molar-refractivity contribution in [2.45, 2.75) is 6.92 Å². The van der Waals surface area contributed by atoms with Crippen molar-refractivity contribution in [3.8, 4) is 0 Å². The average Bonchev–Trinajstić information content (AvgIpc) is 3.05. The van der Waals surface area contributed by atoms with E-state index in [2.05, 4.69) is 25.2 Å². The van der Waals surface area contributed by atoms with Gasteiger partial charge in [0.1, 0.15) is 5.82 Å². The number of hydrogen-bond donors (Lipinski definition) is 3. The quantitative estimate of drug-likeness (QED) is 0.653. The summed E-state index contributed by atoms with van der Waals surface area (Å²) < 4.78 is 25.3. The number of sulfonamides is 1. The monoisotopic (exact) mass is 345 g/mol. The molecule has 0 unspecified atom stereocenters. The SMILES string of the molecule is CCS(=O)(=O)Nc1ccc(C(=O)Nc2cccc3cn[nH]c23)cn1. The Balaban J connectivity index is 1.77. The van der Waals surface area contributed by atoms with Crippen LogP contribution in [0.15, 0.2) is 42.7 Å². The number of aromatic nitrogens is 3. The van der Waals surface area contributed by atoms with E-state index in [-0.39, 0.29) is 17.5 Å². The fraction of sp³-hybridized carbons (Fsp3) is 0.133. The summed E-state index contributed by atoms with van der Waals surface area (Å²) in [5.74, 6) is -0.232. The number of rotatable bonds is 5. The van der Waals surface area contributed by atoms with Crippen LogP contribution in [-0.2, 0) is 10.0 Å². The lowest BCUT2D eigenvalue weighted by atomic mass is 10.2. The van der Waals surface area contributed by atoms with Crippen LogP contribution in [0.5, 0.6) is 0 Å². The second-order valence-electron chi connectivity index (χ2n) is 5.03. The van der Waals surface area contributed by atoms with E-state index in [4.69, 9.17) is 0 Å². The van der Waals surface area contributed by atoms with E-state index in [9.17, 15) is 13.2 Å². The molecule has 0 aliphatic carbocycles. The fourth-order valence-electron chi connectivity index (χ4n) is 2.09. The smallest absolute Gasteiger partial charge is 0.257 e. The third-order valence-electron chi connectivity index (χ3n) is 3.39. The number of hydrogen-bond acceptors (Lipinski definition) is 5. The Morgan fingerprint density at radius 3 is 2.75 bits per heavy atom. The third kappa shape index (κ3) is 3.35. The van der Waals surface area contributed by atoms with Crippen LogP contribution in [0.2, 0.25) is 0 Å². The predicted octanol–water partition coefficient (Wildman–Crippen LogP) is 1.97. The lowest BCUT2D eigenvalue weighted by molar-refractivity contribution is 0.102. The van der Waals surface area contributed by atoms with Crippen LogP contribution in [0.3, 0.4) is 0 Å². The van der Waals surface area contributed by atoms with Gasteiger partial charge in [-0.05, 0) is 25.1 Å². The van der Waals surface area contributed by atoms with E-state index in [0.717, 1.165) is 10.9 Å². The highest BCUT2D eigenvalue weighted by Gasteiger charge is 2.11.